The van der Waals surface area contributed by atoms with Crippen LogP contribution in [0.3, 0.4) is 0 Å². The first kappa shape index (κ1) is 12.3. The number of aromatic nitrogens is 1. The summed E-state index contributed by atoms with van der Waals surface area (Å²) in [7, 11) is 3.22. The smallest absolute Gasteiger partial charge is 0.221 e. The van der Waals surface area contributed by atoms with E-state index in [1.807, 2.05) is 13.0 Å². The van der Waals surface area contributed by atoms with Crippen LogP contribution in [-0.2, 0) is 4.79 Å². The highest BCUT2D eigenvalue weighted by atomic mass is 16.5. The predicted octanol–water partition coefficient (Wildman–Crippen LogP) is 0.947. The SMILES string of the molecule is CNC(=O)CCNc1cc(C)ncc1OC. The summed E-state index contributed by atoms with van der Waals surface area (Å²) >= 11 is 0. The zero-order chi connectivity index (χ0) is 12.0. The van der Waals surface area contributed by atoms with Gasteiger partial charge in [0.05, 0.1) is 19.0 Å². The number of carbonyl (C=O) groups is 1. The van der Waals surface area contributed by atoms with Crippen LogP contribution in [0.25, 0.3) is 0 Å². The number of amides is 1. The van der Waals surface area contributed by atoms with Crippen LogP contribution in [0.15, 0.2) is 12.3 Å². The lowest BCUT2D eigenvalue weighted by Gasteiger charge is -2.10. The van der Waals surface area contributed by atoms with Crippen LogP contribution in [0.5, 0.6) is 5.75 Å². The first-order valence-electron chi connectivity index (χ1n) is 5.12. The molecule has 1 amide bonds. The number of hydrogen-bond acceptors (Lipinski definition) is 4. The number of nitrogens with zero attached hydrogens (tertiary/aromatic N) is 1. The fraction of sp³-hybridized carbons (Fsp3) is 0.455. The van der Waals surface area contributed by atoms with Crippen LogP contribution < -0.4 is 15.4 Å². The number of methoxy groups -OCH3 is 1. The van der Waals surface area contributed by atoms with Gasteiger partial charge in [0.25, 0.3) is 0 Å². The van der Waals surface area contributed by atoms with E-state index < -0.39 is 0 Å². The van der Waals surface area contributed by atoms with Crippen molar-refractivity contribution < 1.29 is 9.53 Å². The van der Waals surface area contributed by atoms with Gasteiger partial charge in [-0.25, -0.2) is 0 Å². The van der Waals surface area contributed by atoms with Crippen molar-refractivity contribution in [2.75, 3.05) is 26.0 Å². The molecule has 5 nitrogen and oxygen atoms in total. The Kier molecular flexibility index (Phi) is 4.57. The fourth-order valence-corrected chi connectivity index (χ4v) is 1.28. The molecule has 0 aliphatic rings. The molecule has 88 valence electrons. The zero-order valence-electron chi connectivity index (χ0n) is 9.83. The average Bonchev–Trinajstić information content (AvgIpc) is 2.29. The number of nitrogens with one attached hydrogen (secondary N) is 2. The third-order valence-electron chi connectivity index (χ3n) is 2.17. The van der Waals surface area contributed by atoms with Gasteiger partial charge in [-0.05, 0) is 13.0 Å². The summed E-state index contributed by atoms with van der Waals surface area (Å²) in [6.07, 6.45) is 2.10. The number of pyridine rings is 1. The lowest BCUT2D eigenvalue weighted by Crippen LogP contribution is -2.20. The highest BCUT2D eigenvalue weighted by Gasteiger charge is 2.04. The van der Waals surface area contributed by atoms with E-state index in [1.165, 1.54) is 0 Å². The second-order valence-electron chi connectivity index (χ2n) is 3.38. The van der Waals surface area contributed by atoms with Crippen LogP contribution in [0, 0.1) is 6.92 Å². The fourth-order valence-electron chi connectivity index (χ4n) is 1.28. The second-order valence-corrected chi connectivity index (χ2v) is 3.38. The van der Waals surface area contributed by atoms with Gasteiger partial charge in [-0.3, -0.25) is 9.78 Å². The van der Waals surface area contributed by atoms with Crippen LogP contribution in [-0.4, -0.2) is 31.6 Å². The maximum Gasteiger partial charge on any atom is 0.221 e. The first-order valence-corrected chi connectivity index (χ1v) is 5.12. The van der Waals surface area contributed by atoms with Crippen molar-refractivity contribution in [1.82, 2.24) is 10.3 Å². The minimum atomic E-state index is 0.0113. The molecule has 0 aliphatic heterocycles. The van der Waals surface area contributed by atoms with Crippen molar-refractivity contribution >= 4 is 11.6 Å². The Morgan fingerprint density at radius 2 is 2.31 bits per heavy atom. The number of ether oxygens (including phenoxy) is 1. The molecule has 0 atom stereocenters. The Hall–Kier alpha value is -1.78. The molecule has 0 aromatic carbocycles. The number of rotatable bonds is 5. The van der Waals surface area contributed by atoms with Gasteiger partial charge in [-0.15, -0.1) is 0 Å². The van der Waals surface area contributed by atoms with Gasteiger partial charge in [0.15, 0.2) is 5.75 Å². The molecule has 1 heterocycles. The standard InChI is InChI=1S/C11H17N3O2/c1-8-6-9(10(16-3)7-14-8)13-5-4-11(15)12-2/h6-7H,4-5H2,1-3H3,(H,12,15)(H,13,14). The van der Waals surface area contributed by atoms with E-state index in [9.17, 15) is 4.79 Å². The van der Waals surface area contributed by atoms with Crippen molar-refractivity contribution in [2.45, 2.75) is 13.3 Å². The van der Waals surface area contributed by atoms with Crippen molar-refractivity contribution in [3.8, 4) is 5.75 Å². The minimum Gasteiger partial charge on any atom is -0.493 e. The molecule has 0 radical (unpaired) electrons. The molecular weight excluding hydrogens is 206 g/mol. The second kappa shape index (κ2) is 5.95. The van der Waals surface area contributed by atoms with Gasteiger partial charge < -0.3 is 15.4 Å². The van der Waals surface area contributed by atoms with E-state index in [1.54, 1.807) is 20.4 Å². The number of hydrogen-bond donors (Lipinski definition) is 2. The first-order chi connectivity index (χ1) is 7.67. The maximum atomic E-state index is 11.0. The third-order valence-corrected chi connectivity index (χ3v) is 2.17. The molecule has 2 N–H and O–H groups in total. The third kappa shape index (κ3) is 3.42. The van der Waals surface area contributed by atoms with Gasteiger partial charge >= 0.3 is 0 Å². The molecule has 5 heteroatoms. The van der Waals surface area contributed by atoms with Crippen molar-refractivity contribution in [3.05, 3.63) is 18.0 Å². The normalized spacial score (nSPS) is 9.69. The molecule has 1 rings (SSSR count). The molecule has 16 heavy (non-hydrogen) atoms. The number of carbonyl (C=O) groups excluding carboxylic acids is 1. The van der Waals surface area contributed by atoms with Gasteiger partial charge in [0, 0.05) is 25.7 Å². The quantitative estimate of drug-likeness (QED) is 0.780. The summed E-state index contributed by atoms with van der Waals surface area (Å²) in [5, 5.41) is 5.71. The lowest BCUT2D eigenvalue weighted by molar-refractivity contribution is -0.120. The Morgan fingerprint density at radius 3 is 2.94 bits per heavy atom. The van der Waals surface area contributed by atoms with E-state index in [-0.39, 0.29) is 5.91 Å². The summed E-state index contributed by atoms with van der Waals surface area (Å²) in [5.74, 6) is 0.694. The molecule has 1 aromatic heterocycles. The van der Waals surface area contributed by atoms with Gasteiger partial charge in [-0.2, -0.15) is 0 Å². The van der Waals surface area contributed by atoms with Crippen LogP contribution in [0.2, 0.25) is 0 Å². The molecule has 0 aliphatic carbocycles. The average molecular weight is 223 g/mol. The van der Waals surface area contributed by atoms with Gasteiger partial charge in [-0.1, -0.05) is 0 Å². The molecule has 0 spiro atoms. The van der Waals surface area contributed by atoms with Crippen LogP contribution >= 0.6 is 0 Å². The van der Waals surface area contributed by atoms with Crippen molar-refractivity contribution in [3.63, 3.8) is 0 Å². The minimum absolute atomic E-state index is 0.0113. The highest BCUT2D eigenvalue weighted by molar-refractivity contribution is 5.76. The Morgan fingerprint density at radius 1 is 1.56 bits per heavy atom. The molecule has 0 unspecified atom stereocenters. The zero-order valence-corrected chi connectivity index (χ0v) is 9.83. The Balaban J connectivity index is 2.58. The highest BCUT2D eigenvalue weighted by Crippen LogP contribution is 2.23. The molecule has 0 saturated heterocycles. The topological polar surface area (TPSA) is 63.2 Å². The Bertz CT molecular complexity index is 366. The van der Waals surface area contributed by atoms with Crippen molar-refractivity contribution in [1.29, 1.82) is 0 Å². The number of anilines is 1. The molecule has 0 bridgehead atoms. The predicted molar refractivity (Wildman–Crippen MR) is 62.7 cm³/mol. The summed E-state index contributed by atoms with van der Waals surface area (Å²) < 4.78 is 5.16. The van der Waals surface area contributed by atoms with E-state index in [0.717, 1.165) is 11.4 Å². The summed E-state index contributed by atoms with van der Waals surface area (Å²) in [6, 6.07) is 1.89. The molecule has 1 aromatic rings. The maximum absolute atomic E-state index is 11.0. The molecular formula is C11H17N3O2. The van der Waals surface area contributed by atoms with Crippen LogP contribution in [0.1, 0.15) is 12.1 Å². The van der Waals surface area contributed by atoms with Crippen molar-refractivity contribution in [2.24, 2.45) is 0 Å². The van der Waals surface area contributed by atoms with Gasteiger partial charge in [0.1, 0.15) is 0 Å². The van der Waals surface area contributed by atoms with Crippen LogP contribution in [0.4, 0.5) is 5.69 Å². The van der Waals surface area contributed by atoms with E-state index in [2.05, 4.69) is 15.6 Å². The molecule has 0 saturated carbocycles. The van der Waals surface area contributed by atoms with E-state index >= 15 is 0 Å². The lowest BCUT2D eigenvalue weighted by atomic mass is 10.3. The Labute approximate surface area is 95.2 Å². The summed E-state index contributed by atoms with van der Waals surface area (Å²) in [5.41, 5.74) is 1.77. The van der Waals surface area contributed by atoms with E-state index in [4.69, 9.17) is 4.74 Å². The summed E-state index contributed by atoms with van der Waals surface area (Å²) in [4.78, 5) is 15.2. The summed E-state index contributed by atoms with van der Waals surface area (Å²) in [6.45, 7) is 2.48. The monoisotopic (exact) mass is 223 g/mol. The van der Waals surface area contributed by atoms with E-state index in [0.29, 0.717) is 18.7 Å². The largest absolute Gasteiger partial charge is 0.493 e. The van der Waals surface area contributed by atoms with Gasteiger partial charge in [0.2, 0.25) is 5.91 Å². The number of aryl methyl sites for hydroxylation is 1. The molecule has 0 fully saturated rings.